The van der Waals surface area contributed by atoms with Crippen LogP contribution in [0, 0.1) is 0 Å². The van der Waals surface area contributed by atoms with Crippen molar-refractivity contribution < 1.29 is 23.8 Å². The second-order valence-electron chi connectivity index (χ2n) is 12.1. The van der Waals surface area contributed by atoms with E-state index in [1.54, 1.807) is 13.8 Å². The molecular formula is C30H45NO5Si. The summed E-state index contributed by atoms with van der Waals surface area (Å²) in [5.41, 5.74) is 2.28. The highest BCUT2D eigenvalue weighted by Crippen LogP contribution is 2.39. The Kier molecular flexibility index (Phi) is 9.54. The van der Waals surface area contributed by atoms with E-state index in [0.29, 0.717) is 13.1 Å². The lowest BCUT2D eigenvalue weighted by atomic mass is 9.98. The Morgan fingerprint density at radius 2 is 1.54 bits per heavy atom. The van der Waals surface area contributed by atoms with Gasteiger partial charge >= 0.3 is 0 Å². The highest BCUT2D eigenvalue weighted by molar-refractivity contribution is 6.74. The number of aliphatic hydroxyl groups excluding tert-OH is 1. The van der Waals surface area contributed by atoms with Gasteiger partial charge in [-0.25, -0.2) is 0 Å². The number of benzene rings is 2. The van der Waals surface area contributed by atoms with E-state index < -0.39 is 32.4 Å². The van der Waals surface area contributed by atoms with Crippen molar-refractivity contribution in [3.8, 4) is 0 Å². The first-order valence-corrected chi connectivity index (χ1v) is 16.1. The fraction of sp³-hybridized carbons (Fsp3) is 0.567. The van der Waals surface area contributed by atoms with Crippen LogP contribution in [-0.4, -0.2) is 60.9 Å². The number of aliphatic hydroxyl groups is 1. The highest BCUT2D eigenvalue weighted by atomic mass is 28.4. The number of nitrogens with zero attached hydrogens (tertiary/aromatic N) is 1. The molecule has 1 aliphatic rings. The van der Waals surface area contributed by atoms with Crippen molar-refractivity contribution in [3.05, 3.63) is 71.8 Å². The maximum absolute atomic E-state index is 13.8. The average Bonchev–Trinajstić information content (AvgIpc) is 3.21. The number of hydrogen-bond acceptors (Lipinski definition) is 6. The van der Waals surface area contributed by atoms with Crippen molar-refractivity contribution in [2.75, 3.05) is 6.61 Å². The Morgan fingerprint density at radius 1 is 1.05 bits per heavy atom. The quantitative estimate of drug-likeness (QED) is 0.387. The SMILES string of the molecule is C[C@H]([C@H](O)[C@@H](O[Si](C)(C)C(C)(C)C)C(=O)[C@@H]1COC(C)(C)O1)N(Cc1ccccc1)Cc1ccccc1. The van der Waals surface area contributed by atoms with E-state index in [9.17, 15) is 9.90 Å². The van der Waals surface area contributed by atoms with Crippen molar-refractivity contribution in [1.82, 2.24) is 4.90 Å². The van der Waals surface area contributed by atoms with Gasteiger partial charge in [-0.05, 0) is 50.0 Å². The minimum Gasteiger partial charge on any atom is -0.404 e. The molecule has 0 spiro atoms. The molecule has 3 rings (SSSR count). The molecule has 0 aromatic heterocycles. The first kappa shape index (κ1) is 29.7. The maximum atomic E-state index is 13.8. The lowest BCUT2D eigenvalue weighted by Gasteiger charge is -2.42. The molecule has 0 bridgehead atoms. The number of ether oxygens (including phenoxy) is 2. The van der Waals surface area contributed by atoms with Crippen molar-refractivity contribution in [3.63, 3.8) is 0 Å². The summed E-state index contributed by atoms with van der Waals surface area (Å²) in [7, 11) is -2.40. The second kappa shape index (κ2) is 11.9. The van der Waals surface area contributed by atoms with E-state index in [1.165, 1.54) is 0 Å². The molecular weight excluding hydrogens is 482 g/mol. The lowest BCUT2D eigenvalue weighted by molar-refractivity contribution is -0.161. The first-order chi connectivity index (χ1) is 17.2. The first-order valence-electron chi connectivity index (χ1n) is 13.2. The third-order valence-electron chi connectivity index (χ3n) is 7.67. The van der Waals surface area contributed by atoms with E-state index in [1.807, 2.05) is 43.3 Å². The van der Waals surface area contributed by atoms with E-state index in [-0.39, 0.29) is 23.5 Å². The van der Waals surface area contributed by atoms with Crippen molar-refractivity contribution in [1.29, 1.82) is 0 Å². The van der Waals surface area contributed by atoms with Gasteiger partial charge in [0.15, 0.2) is 19.9 Å². The summed E-state index contributed by atoms with van der Waals surface area (Å²) in [5.74, 6) is -1.10. The number of hydrogen-bond donors (Lipinski definition) is 1. The molecule has 7 heteroatoms. The third-order valence-corrected chi connectivity index (χ3v) is 12.1. The van der Waals surface area contributed by atoms with Crippen LogP contribution in [0.15, 0.2) is 60.7 Å². The number of rotatable bonds is 11. The molecule has 0 unspecified atom stereocenters. The number of Topliss-reactive ketones (excluding diaryl/α,β-unsaturated/α-hetero) is 1. The van der Waals surface area contributed by atoms with Crippen LogP contribution in [0.25, 0.3) is 0 Å². The molecule has 2 aromatic carbocycles. The summed E-state index contributed by atoms with van der Waals surface area (Å²) in [6.45, 7) is 17.6. The Hall–Kier alpha value is -1.87. The monoisotopic (exact) mass is 527 g/mol. The predicted molar refractivity (Wildman–Crippen MR) is 150 cm³/mol. The molecule has 1 N–H and O–H groups in total. The van der Waals surface area contributed by atoms with Gasteiger partial charge in [0.25, 0.3) is 0 Å². The molecule has 0 saturated carbocycles. The summed E-state index contributed by atoms with van der Waals surface area (Å²) in [6.07, 6.45) is -2.85. The number of carbonyl (C=O) groups excluding carboxylic acids is 1. The standard InChI is InChI=1S/C30H45NO5Si/c1-22(31(19-23-15-11-9-12-16-23)20-24-17-13-10-14-18-24)26(32)28(36-37(7,8)29(2,3)4)27(33)25-21-34-30(5,6)35-25/h9-18,22,25-26,28,32H,19-21H2,1-8H3/t22-,25+,26+,28-/m1/s1. The minimum absolute atomic E-state index is 0.130. The predicted octanol–water partition coefficient (Wildman–Crippen LogP) is 5.55. The molecule has 6 nitrogen and oxygen atoms in total. The van der Waals surface area contributed by atoms with Crippen LogP contribution in [-0.2, 0) is 31.8 Å². The highest BCUT2D eigenvalue weighted by Gasteiger charge is 2.48. The Morgan fingerprint density at radius 3 is 1.95 bits per heavy atom. The third kappa shape index (κ3) is 7.82. The fourth-order valence-corrected chi connectivity index (χ4v) is 5.49. The molecule has 1 aliphatic heterocycles. The van der Waals surface area contributed by atoms with Crippen molar-refractivity contribution >= 4 is 14.1 Å². The van der Waals surface area contributed by atoms with Crippen LogP contribution >= 0.6 is 0 Å². The molecule has 4 atom stereocenters. The van der Waals surface area contributed by atoms with Gasteiger partial charge in [-0.2, -0.15) is 0 Å². The van der Waals surface area contributed by atoms with E-state index in [4.69, 9.17) is 13.9 Å². The molecule has 1 fully saturated rings. The van der Waals surface area contributed by atoms with Crippen LogP contribution in [0.4, 0.5) is 0 Å². The zero-order valence-corrected chi connectivity index (χ0v) is 24.7. The van der Waals surface area contributed by atoms with Gasteiger partial charge in [-0.15, -0.1) is 0 Å². The van der Waals surface area contributed by atoms with E-state index in [2.05, 4.69) is 63.0 Å². The molecule has 204 valence electrons. The van der Waals surface area contributed by atoms with Gasteiger partial charge in [-0.3, -0.25) is 9.69 Å². The van der Waals surface area contributed by atoms with Gasteiger partial charge in [0.1, 0.15) is 18.3 Å². The fourth-order valence-electron chi connectivity index (χ4n) is 4.25. The van der Waals surface area contributed by atoms with Gasteiger partial charge in [-0.1, -0.05) is 81.4 Å². The van der Waals surface area contributed by atoms with E-state index in [0.717, 1.165) is 11.1 Å². The zero-order valence-electron chi connectivity index (χ0n) is 23.7. The van der Waals surface area contributed by atoms with Crippen LogP contribution in [0.3, 0.4) is 0 Å². The van der Waals surface area contributed by atoms with Crippen molar-refractivity contribution in [2.24, 2.45) is 0 Å². The number of carbonyl (C=O) groups is 1. The summed E-state index contributed by atoms with van der Waals surface area (Å²) in [4.78, 5) is 16.0. The van der Waals surface area contributed by atoms with Gasteiger partial charge in [0.05, 0.1) is 6.61 Å². The lowest BCUT2D eigenvalue weighted by Crippen LogP contribution is -2.57. The topological polar surface area (TPSA) is 68.2 Å². The van der Waals surface area contributed by atoms with Crippen LogP contribution in [0.2, 0.25) is 18.1 Å². The number of ketones is 1. The average molecular weight is 528 g/mol. The maximum Gasteiger partial charge on any atom is 0.194 e. The molecule has 0 radical (unpaired) electrons. The Labute approximate surface area is 224 Å². The van der Waals surface area contributed by atoms with Crippen LogP contribution < -0.4 is 0 Å². The zero-order chi connectivity index (χ0) is 27.4. The van der Waals surface area contributed by atoms with Crippen LogP contribution in [0.1, 0.15) is 52.7 Å². The Bertz CT molecular complexity index is 964. The molecule has 0 amide bonds. The molecule has 1 heterocycles. The normalized spacial score (nSPS) is 20.5. The second-order valence-corrected chi connectivity index (χ2v) is 16.9. The summed E-state index contributed by atoms with van der Waals surface area (Å²) >= 11 is 0. The molecule has 2 aromatic rings. The van der Waals surface area contributed by atoms with Gasteiger partial charge in [0, 0.05) is 19.1 Å². The van der Waals surface area contributed by atoms with Gasteiger partial charge < -0.3 is 19.0 Å². The Balaban J connectivity index is 1.92. The molecule has 0 aliphatic carbocycles. The molecule has 37 heavy (non-hydrogen) atoms. The van der Waals surface area contributed by atoms with Crippen molar-refractivity contribution in [2.45, 2.75) is 103 Å². The largest absolute Gasteiger partial charge is 0.404 e. The minimum atomic E-state index is -2.40. The smallest absolute Gasteiger partial charge is 0.194 e. The van der Waals surface area contributed by atoms with Gasteiger partial charge in [0.2, 0.25) is 0 Å². The summed E-state index contributed by atoms with van der Waals surface area (Å²) in [5, 5.41) is 11.7. The summed E-state index contributed by atoms with van der Waals surface area (Å²) in [6, 6.07) is 20.0. The summed E-state index contributed by atoms with van der Waals surface area (Å²) < 4.78 is 18.3. The van der Waals surface area contributed by atoms with E-state index >= 15 is 0 Å². The van der Waals surface area contributed by atoms with Crippen LogP contribution in [0.5, 0.6) is 0 Å². The molecule has 1 saturated heterocycles.